The summed E-state index contributed by atoms with van der Waals surface area (Å²) in [5.41, 5.74) is 4.32. The third-order valence-corrected chi connectivity index (χ3v) is 6.69. The van der Waals surface area contributed by atoms with Crippen molar-refractivity contribution in [2.45, 2.75) is 57.0 Å². The molecule has 1 unspecified atom stereocenters. The van der Waals surface area contributed by atoms with Crippen LogP contribution in [0, 0.1) is 0 Å². The number of hydrogen-bond donors (Lipinski definition) is 3. The van der Waals surface area contributed by atoms with Crippen LogP contribution in [0.5, 0.6) is 0 Å². The number of fused-ring (bicyclic) bond motifs is 3. The van der Waals surface area contributed by atoms with Crippen molar-refractivity contribution in [3.63, 3.8) is 0 Å². The molecule has 2 aromatic carbocycles. The number of allylic oxidation sites excluding steroid dienone is 1. The third-order valence-electron chi connectivity index (χ3n) is 6.69. The lowest BCUT2D eigenvalue weighted by Gasteiger charge is -2.40. The van der Waals surface area contributed by atoms with E-state index in [0.29, 0.717) is 12.8 Å². The topological polar surface area (TPSA) is 105 Å². The van der Waals surface area contributed by atoms with Gasteiger partial charge >= 0.3 is 12.1 Å². The van der Waals surface area contributed by atoms with Crippen molar-refractivity contribution >= 4 is 18.0 Å². The quantitative estimate of drug-likeness (QED) is 0.505. The molecule has 0 spiro atoms. The zero-order valence-electron chi connectivity index (χ0n) is 19.5. The van der Waals surface area contributed by atoms with Crippen LogP contribution < -0.4 is 10.6 Å². The van der Waals surface area contributed by atoms with E-state index in [1.54, 1.807) is 6.08 Å². The highest BCUT2D eigenvalue weighted by Gasteiger charge is 2.47. The Bertz CT molecular complexity index is 1090. The second kappa shape index (κ2) is 9.71. The number of benzene rings is 2. The Balaban J connectivity index is 1.41. The lowest BCUT2D eigenvalue weighted by atomic mass is 9.76. The van der Waals surface area contributed by atoms with E-state index in [9.17, 15) is 19.5 Å². The molecular formula is C27H30N2O5. The van der Waals surface area contributed by atoms with Gasteiger partial charge in [-0.2, -0.15) is 0 Å². The lowest BCUT2D eigenvalue weighted by molar-refractivity contribution is -0.143. The summed E-state index contributed by atoms with van der Waals surface area (Å²) in [5, 5.41) is 14.8. The van der Waals surface area contributed by atoms with Crippen LogP contribution in [0.2, 0.25) is 0 Å². The summed E-state index contributed by atoms with van der Waals surface area (Å²) in [6.45, 7) is 3.88. The van der Waals surface area contributed by atoms with Gasteiger partial charge in [0.25, 0.3) is 0 Å². The minimum absolute atomic E-state index is 0.0789. The van der Waals surface area contributed by atoms with E-state index in [1.165, 1.54) is 0 Å². The molecule has 1 fully saturated rings. The number of alkyl carbamates (subject to hydrolysis) is 1. The molecule has 0 aromatic heterocycles. The van der Waals surface area contributed by atoms with Crippen LogP contribution >= 0.6 is 0 Å². The largest absolute Gasteiger partial charge is 0.480 e. The van der Waals surface area contributed by atoms with E-state index in [0.717, 1.165) is 34.2 Å². The molecule has 4 rings (SSSR count). The van der Waals surface area contributed by atoms with E-state index in [-0.39, 0.29) is 18.9 Å². The number of ether oxygens (including phenoxy) is 1. The number of carbonyl (C=O) groups excluding carboxylic acids is 2. The van der Waals surface area contributed by atoms with Crippen molar-refractivity contribution in [2.75, 3.05) is 6.61 Å². The molecule has 3 N–H and O–H groups in total. The highest BCUT2D eigenvalue weighted by Crippen LogP contribution is 2.44. The van der Waals surface area contributed by atoms with Gasteiger partial charge in [-0.05, 0) is 61.8 Å². The fourth-order valence-electron chi connectivity index (χ4n) is 4.64. The van der Waals surface area contributed by atoms with Crippen LogP contribution in [0.1, 0.15) is 56.6 Å². The summed E-state index contributed by atoms with van der Waals surface area (Å²) < 4.78 is 5.60. The molecule has 7 nitrogen and oxygen atoms in total. The molecule has 0 radical (unpaired) electrons. The molecule has 0 aliphatic heterocycles. The zero-order chi connectivity index (χ0) is 24.3. The van der Waals surface area contributed by atoms with Crippen molar-refractivity contribution in [1.82, 2.24) is 10.6 Å². The molecule has 0 heterocycles. The maximum atomic E-state index is 13.0. The van der Waals surface area contributed by atoms with Gasteiger partial charge in [0.2, 0.25) is 5.91 Å². The SMILES string of the molecule is CC(C)=CCC(NC(=O)C1(NC(=O)OCC2c3ccccc3-c3ccccc32)CCC1)C(=O)O. The number of nitrogens with one attached hydrogen (secondary N) is 2. The summed E-state index contributed by atoms with van der Waals surface area (Å²) in [6, 6.07) is 15.1. The van der Waals surface area contributed by atoms with Gasteiger partial charge in [0.05, 0.1) is 0 Å². The van der Waals surface area contributed by atoms with Gasteiger partial charge in [-0.25, -0.2) is 9.59 Å². The average Bonchev–Trinajstić information content (AvgIpc) is 3.11. The van der Waals surface area contributed by atoms with E-state index < -0.39 is 29.6 Å². The monoisotopic (exact) mass is 462 g/mol. The Kier molecular flexibility index (Phi) is 6.72. The predicted molar refractivity (Wildman–Crippen MR) is 128 cm³/mol. The molecule has 2 aliphatic carbocycles. The number of carbonyl (C=O) groups is 3. The van der Waals surface area contributed by atoms with E-state index in [4.69, 9.17) is 4.74 Å². The van der Waals surface area contributed by atoms with Crippen LogP contribution in [-0.4, -0.2) is 41.3 Å². The fourth-order valence-corrected chi connectivity index (χ4v) is 4.64. The van der Waals surface area contributed by atoms with Crippen molar-refractivity contribution in [1.29, 1.82) is 0 Å². The van der Waals surface area contributed by atoms with Gasteiger partial charge < -0.3 is 20.5 Å². The Morgan fingerprint density at radius 3 is 2.15 bits per heavy atom. The molecular weight excluding hydrogens is 432 g/mol. The van der Waals surface area contributed by atoms with E-state index >= 15 is 0 Å². The van der Waals surface area contributed by atoms with Gasteiger partial charge in [0.15, 0.2) is 0 Å². The van der Waals surface area contributed by atoms with Gasteiger partial charge in [-0.3, -0.25) is 4.79 Å². The Morgan fingerprint density at radius 1 is 1.06 bits per heavy atom. The van der Waals surface area contributed by atoms with Crippen LogP contribution in [0.25, 0.3) is 11.1 Å². The molecule has 1 atom stereocenters. The van der Waals surface area contributed by atoms with Crippen molar-refractivity contribution < 1.29 is 24.2 Å². The average molecular weight is 463 g/mol. The molecule has 0 bridgehead atoms. The minimum Gasteiger partial charge on any atom is -0.480 e. The first-order chi connectivity index (χ1) is 16.3. The summed E-state index contributed by atoms with van der Waals surface area (Å²) in [6.07, 6.45) is 2.93. The number of rotatable bonds is 8. The number of aliphatic carboxylic acids is 1. The Labute approximate surface area is 199 Å². The zero-order valence-corrected chi connectivity index (χ0v) is 19.5. The van der Waals surface area contributed by atoms with Crippen LogP contribution in [-0.2, 0) is 14.3 Å². The number of carboxylic acids is 1. The lowest BCUT2D eigenvalue weighted by Crippen LogP contribution is -2.64. The van der Waals surface area contributed by atoms with Gasteiger partial charge in [-0.1, -0.05) is 60.2 Å². The maximum absolute atomic E-state index is 13.0. The van der Waals surface area contributed by atoms with E-state index in [1.807, 2.05) is 50.2 Å². The molecule has 0 saturated heterocycles. The van der Waals surface area contributed by atoms with E-state index in [2.05, 4.69) is 22.8 Å². The molecule has 7 heteroatoms. The molecule has 2 aromatic rings. The molecule has 1 saturated carbocycles. The third kappa shape index (κ3) is 4.69. The second-order valence-corrected chi connectivity index (χ2v) is 9.27. The molecule has 2 aliphatic rings. The van der Waals surface area contributed by atoms with Gasteiger partial charge in [0, 0.05) is 5.92 Å². The first-order valence-electron chi connectivity index (χ1n) is 11.6. The smallest absolute Gasteiger partial charge is 0.408 e. The first kappa shape index (κ1) is 23.5. The van der Waals surface area contributed by atoms with Gasteiger partial charge in [0.1, 0.15) is 18.2 Å². The highest BCUT2D eigenvalue weighted by atomic mass is 16.5. The standard InChI is InChI=1S/C27H30N2O5/c1-17(2)12-13-23(24(30)31)28-25(32)27(14-7-15-27)29-26(33)34-16-22-20-10-5-3-8-18(20)19-9-4-6-11-21(19)22/h3-6,8-12,22-23H,7,13-16H2,1-2H3,(H,28,32)(H,29,33)(H,30,31). The van der Waals surface area contributed by atoms with Crippen LogP contribution in [0.3, 0.4) is 0 Å². The minimum atomic E-state index is -1.14. The maximum Gasteiger partial charge on any atom is 0.408 e. The number of hydrogen-bond acceptors (Lipinski definition) is 4. The fraction of sp³-hybridized carbons (Fsp3) is 0.370. The Morgan fingerprint density at radius 2 is 1.65 bits per heavy atom. The van der Waals surface area contributed by atoms with Crippen molar-refractivity contribution in [3.05, 3.63) is 71.3 Å². The number of carboxylic acid groups (broad SMARTS) is 1. The van der Waals surface area contributed by atoms with Gasteiger partial charge in [-0.15, -0.1) is 0 Å². The second-order valence-electron chi connectivity index (χ2n) is 9.27. The van der Waals surface area contributed by atoms with Crippen LogP contribution in [0.4, 0.5) is 4.79 Å². The normalized spacial score (nSPS) is 16.3. The van der Waals surface area contributed by atoms with Crippen LogP contribution in [0.15, 0.2) is 60.2 Å². The van der Waals surface area contributed by atoms with Crippen molar-refractivity contribution in [3.8, 4) is 11.1 Å². The summed E-state index contributed by atoms with van der Waals surface area (Å²) in [7, 11) is 0. The predicted octanol–water partition coefficient (Wildman–Crippen LogP) is 4.37. The summed E-state index contributed by atoms with van der Waals surface area (Å²) in [5.74, 6) is -1.67. The van der Waals surface area contributed by atoms with Crippen molar-refractivity contribution in [2.24, 2.45) is 0 Å². The molecule has 34 heavy (non-hydrogen) atoms. The Hall–Kier alpha value is -3.61. The molecule has 178 valence electrons. The summed E-state index contributed by atoms with van der Waals surface area (Å²) >= 11 is 0. The first-order valence-corrected chi connectivity index (χ1v) is 11.6. The molecule has 2 amide bonds. The number of amides is 2. The summed E-state index contributed by atoms with van der Waals surface area (Å²) in [4.78, 5) is 37.3. The highest BCUT2D eigenvalue weighted by molar-refractivity contribution is 5.93.